The lowest BCUT2D eigenvalue weighted by Crippen LogP contribution is -2.46. The molecule has 0 saturated heterocycles. The number of amides is 1. The predicted molar refractivity (Wildman–Crippen MR) is 175 cm³/mol. The average molecular weight is 622 g/mol. The quantitative estimate of drug-likeness (QED) is 0.0409. The number of likely N-dealkylation sites (N-methyl/N-ethyl adjacent to an activating group) is 1. The molecule has 252 valence electrons. The molecule has 0 spiro atoms. The first-order valence-corrected chi connectivity index (χ1v) is 18.9. The van der Waals surface area contributed by atoms with Crippen molar-refractivity contribution >= 4 is 13.7 Å². The Morgan fingerprint density at radius 1 is 0.714 bits per heavy atom. The molecular formula is C33H70N2O6P+. The number of nitrogens with one attached hydrogen (secondary N) is 1. The van der Waals surface area contributed by atoms with E-state index in [0.29, 0.717) is 23.9 Å². The Hall–Kier alpha value is -0.500. The van der Waals surface area contributed by atoms with Gasteiger partial charge >= 0.3 is 7.82 Å². The third-order valence-electron chi connectivity index (χ3n) is 7.86. The van der Waals surface area contributed by atoms with Crippen LogP contribution in [-0.4, -0.2) is 73.4 Å². The van der Waals surface area contributed by atoms with E-state index in [-0.39, 0.29) is 19.1 Å². The normalized spacial score (nSPS) is 14.9. The van der Waals surface area contributed by atoms with E-state index in [9.17, 15) is 19.4 Å². The van der Waals surface area contributed by atoms with E-state index in [1.54, 1.807) is 0 Å². The van der Waals surface area contributed by atoms with E-state index < -0.39 is 20.0 Å². The molecule has 0 aromatic heterocycles. The fourth-order valence-electron chi connectivity index (χ4n) is 4.98. The predicted octanol–water partition coefficient (Wildman–Crippen LogP) is 8.29. The fourth-order valence-corrected chi connectivity index (χ4v) is 5.72. The highest BCUT2D eigenvalue weighted by Crippen LogP contribution is 2.43. The Morgan fingerprint density at radius 2 is 1.14 bits per heavy atom. The molecule has 42 heavy (non-hydrogen) atoms. The van der Waals surface area contributed by atoms with Gasteiger partial charge in [0.2, 0.25) is 5.91 Å². The maximum absolute atomic E-state index is 12.7. The number of hydrogen-bond acceptors (Lipinski definition) is 5. The van der Waals surface area contributed by atoms with Gasteiger partial charge < -0.3 is 19.8 Å². The number of aliphatic hydroxyl groups is 1. The first kappa shape index (κ1) is 41.5. The minimum absolute atomic E-state index is 0.0771. The van der Waals surface area contributed by atoms with Gasteiger partial charge in [-0.1, -0.05) is 136 Å². The molecule has 3 atom stereocenters. The van der Waals surface area contributed by atoms with Gasteiger partial charge in [-0.25, -0.2) is 4.57 Å². The average Bonchev–Trinajstić information content (AvgIpc) is 2.92. The van der Waals surface area contributed by atoms with Gasteiger partial charge in [-0.15, -0.1) is 0 Å². The van der Waals surface area contributed by atoms with Crippen LogP contribution < -0.4 is 5.32 Å². The standard InChI is InChI=1S/C33H69N2O6P/c1-6-8-10-12-14-15-16-17-18-19-20-21-23-25-27-33(37)34-31(32(36)26-24-22-13-11-9-7-2)30-41-42(38,39)40-29-28-35(3,4)5/h31-32,36H,6-30H2,1-5H3,(H-,34,37,38,39)/p+1. The van der Waals surface area contributed by atoms with Gasteiger partial charge in [-0.3, -0.25) is 13.8 Å². The van der Waals surface area contributed by atoms with Crippen molar-refractivity contribution in [3.63, 3.8) is 0 Å². The van der Waals surface area contributed by atoms with Gasteiger partial charge in [0.15, 0.2) is 0 Å². The Balaban J connectivity index is 4.36. The second-order valence-electron chi connectivity index (χ2n) is 13.3. The van der Waals surface area contributed by atoms with Crippen molar-refractivity contribution in [2.24, 2.45) is 0 Å². The molecule has 0 aromatic rings. The summed E-state index contributed by atoms with van der Waals surface area (Å²) < 4.78 is 23.3. The molecule has 3 unspecified atom stereocenters. The van der Waals surface area contributed by atoms with Gasteiger partial charge in [0.1, 0.15) is 13.2 Å². The third-order valence-corrected chi connectivity index (χ3v) is 8.84. The number of carbonyl (C=O) groups excluding carboxylic acids is 1. The summed E-state index contributed by atoms with van der Waals surface area (Å²) in [6, 6.07) is -0.748. The van der Waals surface area contributed by atoms with Crippen molar-refractivity contribution in [1.29, 1.82) is 0 Å². The molecule has 0 aliphatic carbocycles. The summed E-state index contributed by atoms with van der Waals surface area (Å²) in [5.74, 6) is -0.150. The number of quaternary nitrogens is 1. The monoisotopic (exact) mass is 621 g/mol. The van der Waals surface area contributed by atoms with Crippen LogP contribution in [-0.2, 0) is 18.4 Å². The maximum Gasteiger partial charge on any atom is 0.472 e. The van der Waals surface area contributed by atoms with Crippen LogP contribution in [0.3, 0.4) is 0 Å². The minimum Gasteiger partial charge on any atom is -0.391 e. The zero-order valence-electron chi connectivity index (χ0n) is 28.3. The van der Waals surface area contributed by atoms with E-state index in [1.807, 2.05) is 21.1 Å². The van der Waals surface area contributed by atoms with Crippen LogP contribution in [0.2, 0.25) is 0 Å². The second kappa shape index (κ2) is 26.9. The summed E-state index contributed by atoms with van der Waals surface area (Å²) in [6.07, 6.45) is 24.3. The molecule has 0 aliphatic heterocycles. The molecule has 0 rings (SSSR count). The number of unbranched alkanes of at least 4 members (excludes halogenated alkanes) is 18. The summed E-state index contributed by atoms with van der Waals surface area (Å²) in [6.45, 7) is 4.80. The largest absolute Gasteiger partial charge is 0.472 e. The molecule has 8 nitrogen and oxygen atoms in total. The smallest absolute Gasteiger partial charge is 0.391 e. The lowest BCUT2D eigenvalue weighted by atomic mass is 10.0. The molecule has 0 aliphatic rings. The number of carbonyl (C=O) groups is 1. The Bertz CT molecular complexity index is 673. The van der Waals surface area contributed by atoms with Crippen molar-refractivity contribution in [1.82, 2.24) is 5.32 Å². The van der Waals surface area contributed by atoms with Crippen molar-refractivity contribution in [2.45, 2.75) is 167 Å². The van der Waals surface area contributed by atoms with Crippen LogP contribution >= 0.6 is 7.82 Å². The van der Waals surface area contributed by atoms with Crippen molar-refractivity contribution in [3.8, 4) is 0 Å². The van der Waals surface area contributed by atoms with Crippen LogP contribution in [0.1, 0.15) is 155 Å². The molecule has 0 aromatic carbocycles. The number of phosphoric acid groups is 1. The lowest BCUT2D eigenvalue weighted by Gasteiger charge is -2.26. The molecule has 0 saturated carbocycles. The van der Waals surface area contributed by atoms with Crippen LogP contribution in [0.15, 0.2) is 0 Å². The Kier molecular flexibility index (Phi) is 26.5. The maximum atomic E-state index is 12.7. The number of rotatable bonds is 31. The first-order valence-electron chi connectivity index (χ1n) is 17.4. The van der Waals surface area contributed by atoms with Crippen molar-refractivity contribution < 1.29 is 32.9 Å². The highest BCUT2D eigenvalue weighted by atomic mass is 31.2. The first-order chi connectivity index (χ1) is 20.0. The van der Waals surface area contributed by atoms with Gasteiger partial charge in [-0.2, -0.15) is 0 Å². The van der Waals surface area contributed by atoms with Gasteiger partial charge in [-0.05, 0) is 12.8 Å². The number of aliphatic hydroxyl groups excluding tert-OH is 1. The molecule has 0 fully saturated rings. The highest BCUT2D eigenvalue weighted by Gasteiger charge is 2.28. The van der Waals surface area contributed by atoms with E-state index in [4.69, 9.17) is 9.05 Å². The highest BCUT2D eigenvalue weighted by molar-refractivity contribution is 7.47. The summed E-state index contributed by atoms with van der Waals surface area (Å²) in [5, 5.41) is 13.7. The van der Waals surface area contributed by atoms with E-state index in [0.717, 1.165) is 38.5 Å². The SMILES string of the molecule is CCCCCCCCCCCCCCCCC(=O)NC(COP(=O)(O)OCC[N+](C)(C)C)C(O)CCCCCCCC. The van der Waals surface area contributed by atoms with E-state index in [2.05, 4.69) is 19.2 Å². The zero-order valence-corrected chi connectivity index (χ0v) is 29.1. The number of phosphoric ester groups is 1. The van der Waals surface area contributed by atoms with Crippen LogP contribution in [0.5, 0.6) is 0 Å². The third kappa shape index (κ3) is 28.3. The number of nitrogens with zero attached hydrogens (tertiary/aromatic N) is 1. The summed E-state index contributed by atoms with van der Waals surface area (Å²) in [5.41, 5.74) is 0. The van der Waals surface area contributed by atoms with Crippen LogP contribution in [0.4, 0.5) is 0 Å². The van der Waals surface area contributed by atoms with E-state index >= 15 is 0 Å². The lowest BCUT2D eigenvalue weighted by molar-refractivity contribution is -0.870. The molecule has 0 radical (unpaired) electrons. The van der Waals surface area contributed by atoms with E-state index in [1.165, 1.54) is 89.9 Å². The van der Waals surface area contributed by atoms with Crippen molar-refractivity contribution in [3.05, 3.63) is 0 Å². The zero-order chi connectivity index (χ0) is 31.5. The fraction of sp³-hybridized carbons (Fsp3) is 0.970. The van der Waals surface area contributed by atoms with Crippen molar-refractivity contribution in [2.75, 3.05) is 40.9 Å². The van der Waals surface area contributed by atoms with Crippen LogP contribution in [0, 0.1) is 0 Å². The summed E-state index contributed by atoms with van der Waals surface area (Å²) in [4.78, 5) is 22.8. The topological polar surface area (TPSA) is 105 Å². The Morgan fingerprint density at radius 3 is 1.60 bits per heavy atom. The molecule has 9 heteroatoms. The molecule has 0 bridgehead atoms. The second-order valence-corrected chi connectivity index (χ2v) is 14.7. The number of hydrogen-bond donors (Lipinski definition) is 3. The van der Waals surface area contributed by atoms with Gasteiger partial charge in [0, 0.05) is 6.42 Å². The van der Waals surface area contributed by atoms with Crippen LogP contribution in [0.25, 0.3) is 0 Å². The van der Waals surface area contributed by atoms with Gasteiger partial charge in [0.25, 0.3) is 0 Å². The summed E-state index contributed by atoms with van der Waals surface area (Å²) >= 11 is 0. The molecular weight excluding hydrogens is 551 g/mol. The molecule has 0 heterocycles. The molecule has 1 amide bonds. The molecule has 3 N–H and O–H groups in total. The van der Waals surface area contributed by atoms with Gasteiger partial charge in [0.05, 0.1) is 39.9 Å². The Labute approximate surface area is 259 Å². The minimum atomic E-state index is -4.28. The summed E-state index contributed by atoms with van der Waals surface area (Å²) in [7, 11) is 1.62.